The summed E-state index contributed by atoms with van der Waals surface area (Å²) in [5, 5.41) is 7.45. The molecule has 0 unspecified atom stereocenters. The Morgan fingerprint density at radius 2 is 1.93 bits per heavy atom. The summed E-state index contributed by atoms with van der Waals surface area (Å²) in [6.45, 7) is 6.61. The molecule has 4 rings (SSSR count). The number of hydrogen-bond donors (Lipinski definition) is 2. The zero-order valence-corrected chi connectivity index (χ0v) is 18.2. The summed E-state index contributed by atoms with van der Waals surface area (Å²) in [6, 6.07) is 7.83. The van der Waals surface area contributed by atoms with Crippen molar-refractivity contribution in [3.05, 3.63) is 36.1 Å². The van der Waals surface area contributed by atoms with Crippen LogP contribution in [0.1, 0.15) is 52.0 Å². The van der Waals surface area contributed by atoms with Gasteiger partial charge in [-0.25, -0.2) is 0 Å². The number of likely N-dealkylation sites (tertiary alicyclic amines) is 1. The van der Waals surface area contributed by atoms with Crippen molar-refractivity contribution in [3.63, 3.8) is 0 Å². The second-order valence-corrected chi connectivity index (χ2v) is 9.18. The number of nitrogens with zero attached hydrogens (tertiary/aromatic N) is 1. The van der Waals surface area contributed by atoms with Gasteiger partial charge in [-0.05, 0) is 51.0 Å². The highest BCUT2D eigenvalue weighted by atomic mass is 16.3. The second kappa shape index (κ2) is 8.80. The molecule has 0 radical (unpaired) electrons. The zero-order valence-electron chi connectivity index (χ0n) is 18.2. The van der Waals surface area contributed by atoms with E-state index in [1.54, 1.807) is 0 Å². The van der Waals surface area contributed by atoms with E-state index in [4.69, 9.17) is 4.42 Å². The first-order chi connectivity index (χ1) is 14.4. The summed E-state index contributed by atoms with van der Waals surface area (Å²) in [7, 11) is 0. The van der Waals surface area contributed by atoms with E-state index >= 15 is 0 Å². The summed E-state index contributed by atoms with van der Waals surface area (Å²) in [5.74, 6) is -0.0246. The average molecular weight is 412 g/mol. The fourth-order valence-corrected chi connectivity index (χ4v) is 4.43. The molecule has 2 aromatic rings. The number of nitrogens with one attached hydrogen (secondary N) is 2. The van der Waals surface area contributed by atoms with E-state index in [1.807, 2.05) is 50.1 Å². The Morgan fingerprint density at radius 3 is 2.67 bits per heavy atom. The maximum atomic E-state index is 13.4. The average Bonchev–Trinajstić information content (AvgIpc) is 3.27. The van der Waals surface area contributed by atoms with E-state index in [2.05, 4.69) is 16.7 Å². The Balaban J connectivity index is 1.44. The number of amides is 2. The molecule has 1 saturated carbocycles. The van der Waals surface area contributed by atoms with Crippen LogP contribution in [0.15, 0.2) is 34.9 Å². The summed E-state index contributed by atoms with van der Waals surface area (Å²) in [4.78, 5) is 28.1. The number of hydrogen-bond acceptors (Lipinski definition) is 4. The van der Waals surface area contributed by atoms with Gasteiger partial charge in [0.25, 0.3) is 0 Å². The van der Waals surface area contributed by atoms with Crippen LogP contribution < -0.4 is 10.6 Å². The molecule has 0 bridgehead atoms. The van der Waals surface area contributed by atoms with Gasteiger partial charge in [-0.3, -0.25) is 9.59 Å². The summed E-state index contributed by atoms with van der Waals surface area (Å²) in [6.07, 6.45) is 6.82. The fourth-order valence-electron chi connectivity index (χ4n) is 4.43. The Bertz CT molecular complexity index is 902. The Morgan fingerprint density at radius 1 is 1.17 bits per heavy atom. The van der Waals surface area contributed by atoms with Gasteiger partial charge in [0, 0.05) is 29.6 Å². The minimum Gasteiger partial charge on any atom is -0.464 e. The normalized spacial score (nSPS) is 21.2. The van der Waals surface area contributed by atoms with Gasteiger partial charge in [-0.15, -0.1) is 0 Å². The van der Waals surface area contributed by atoms with Crippen LogP contribution in [0.5, 0.6) is 0 Å². The molecule has 3 atom stereocenters. The third-order valence-electron chi connectivity index (χ3n) is 6.36. The summed E-state index contributed by atoms with van der Waals surface area (Å²) in [5.41, 5.74) is 2.02. The molecular formula is C24H33N3O3. The maximum Gasteiger partial charge on any atom is 0.245 e. The highest BCUT2D eigenvalue weighted by Gasteiger charge is 2.36. The Hall–Kier alpha value is -2.34. The second-order valence-electron chi connectivity index (χ2n) is 9.18. The summed E-state index contributed by atoms with van der Waals surface area (Å²) < 4.78 is 5.69. The van der Waals surface area contributed by atoms with E-state index in [1.165, 1.54) is 0 Å². The van der Waals surface area contributed by atoms with Crippen molar-refractivity contribution in [2.45, 2.75) is 77.0 Å². The van der Waals surface area contributed by atoms with Crippen molar-refractivity contribution < 1.29 is 14.0 Å². The fraction of sp³-hybridized carbons (Fsp3) is 0.583. The zero-order chi connectivity index (χ0) is 21.3. The van der Waals surface area contributed by atoms with Crippen LogP contribution in [0.4, 0.5) is 0 Å². The predicted octanol–water partition coefficient (Wildman–Crippen LogP) is 3.25. The van der Waals surface area contributed by atoms with Crippen molar-refractivity contribution in [2.75, 3.05) is 6.54 Å². The maximum absolute atomic E-state index is 13.4. The van der Waals surface area contributed by atoms with E-state index in [0.717, 1.165) is 55.2 Å². The molecular weight excluding hydrogens is 378 g/mol. The highest BCUT2D eigenvalue weighted by Crippen LogP contribution is 2.28. The lowest BCUT2D eigenvalue weighted by Gasteiger charge is -2.31. The van der Waals surface area contributed by atoms with Gasteiger partial charge in [0.2, 0.25) is 11.8 Å². The van der Waals surface area contributed by atoms with Crippen molar-refractivity contribution in [1.82, 2.24) is 15.5 Å². The molecule has 2 aliphatic rings. The third kappa shape index (κ3) is 4.53. The lowest BCUT2D eigenvalue weighted by Crippen LogP contribution is -2.56. The van der Waals surface area contributed by atoms with Crippen molar-refractivity contribution in [1.29, 1.82) is 0 Å². The van der Waals surface area contributed by atoms with E-state index in [0.29, 0.717) is 6.04 Å². The van der Waals surface area contributed by atoms with Gasteiger partial charge in [0.15, 0.2) is 0 Å². The lowest BCUT2D eigenvalue weighted by atomic mass is 9.99. The van der Waals surface area contributed by atoms with Crippen LogP contribution in [-0.2, 0) is 16.0 Å². The van der Waals surface area contributed by atoms with Crippen molar-refractivity contribution in [2.24, 2.45) is 5.92 Å². The van der Waals surface area contributed by atoms with Crippen LogP contribution in [0, 0.1) is 5.92 Å². The minimum absolute atomic E-state index is 0.0329. The number of carbonyl (C=O) groups excluding carboxylic acids is 2. The number of furan rings is 1. The molecule has 30 heavy (non-hydrogen) atoms. The topological polar surface area (TPSA) is 74.6 Å². The van der Waals surface area contributed by atoms with E-state index in [-0.39, 0.29) is 29.8 Å². The first-order valence-corrected chi connectivity index (χ1v) is 11.3. The Labute approximate surface area is 178 Å². The molecule has 1 aromatic carbocycles. The van der Waals surface area contributed by atoms with Crippen LogP contribution in [0.2, 0.25) is 0 Å². The SMILES string of the molecule is CC(C)[C@H](NC(=O)[C@H](C)NC1CC1)C(=O)N1CCC[C@H]1Cc1coc2ccccc12. The number of rotatable bonds is 8. The Kier molecular flexibility index (Phi) is 6.14. The quantitative estimate of drug-likeness (QED) is 0.699. The summed E-state index contributed by atoms with van der Waals surface area (Å²) >= 11 is 0. The van der Waals surface area contributed by atoms with Gasteiger partial charge in [-0.2, -0.15) is 0 Å². The molecule has 0 spiro atoms. The monoisotopic (exact) mass is 411 g/mol. The molecule has 162 valence electrons. The van der Waals surface area contributed by atoms with Gasteiger partial charge in [0.05, 0.1) is 12.3 Å². The molecule has 1 aromatic heterocycles. The standard InChI is InChI=1S/C24H33N3O3/c1-15(2)22(26-23(28)16(3)25-18-10-11-18)24(29)27-12-6-7-19(27)13-17-14-30-21-9-5-4-8-20(17)21/h4-5,8-9,14-16,18-19,22,25H,6-7,10-13H2,1-3H3,(H,26,28)/t16-,19-,22-/m0/s1. The molecule has 2 fully saturated rings. The first kappa shape index (κ1) is 20.9. The largest absolute Gasteiger partial charge is 0.464 e. The molecule has 6 heteroatoms. The number of para-hydroxylation sites is 1. The number of fused-ring (bicyclic) bond motifs is 1. The number of benzene rings is 1. The smallest absolute Gasteiger partial charge is 0.245 e. The number of carbonyl (C=O) groups is 2. The van der Waals surface area contributed by atoms with Gasteiger partial charge in [0.1, 0.15) is 11.6 Å². The molecule has 1 aliphatic heterocycles. The van der Waals surface area contributed by atoms with Crippen LogP contribution in [0.3, 0.4) is 0 Å². The van der Waals surface area contributed by atoms with E-state index in [9.17, 15) is 9.59 Å². The molecule has 1 saturated heterocycles. The van der Waals surface area contributed by atoms with Crippen LogP contribution >= 0.6 is 0 Å². The van der Waals surface area contributed by atoms with Gasteiger partial charge >= 0.3 is 0 Å². The lowest BCUT2D eigenvalue weighted by molar-refractivity contribution is -0.138. The third-order valence-corrected chi connectivity index (χ3v) is 6.36. The van der Waals surface area contributed by atoms with Crippen molar-refractivity contribution in [3.8, 4) is 0 Å². The van der Waals surface area contributed by atoms with Gasteiger partial charge in [-0.1, -0.05) is 32.0 Å². The molecule has 2 heterocycles. The van der Waals surface area contributed by atoms with E-state index < -0.39 is 6.04 Å². The first-order valence-electron chi connectivity index (χ1n) is 11.3. The van der Waals surface area contributed by atoms with Crippen molar-refractivity contribution >= 4 is 22.8 Å². The predicted molar refractivity (Wildman–Crippen MR) is 117 cm³/mol. The molecule has 2 amide bonds. The molecule has 1 aliphatic carbocycles. The minimum atomic E-state index is -0.498. The molecule has 6 nitrogen and oxygen atoms in total. The van der Waals surface area contributed by atoms with Crippen LogP contribution in [-0.4, -0.2) is 47.4 Å². The van der Waals surface area contributed by atoms with Gasteiger partial charge < -0.3 is 20.0 Å². The molecule has 2 N–H and O–H groups in total. The van der Waals surface area contributed by atoms with Crippen LogP contribution in [0.25, 0.3) is 11.0 Å². The highest BCUT2D eigenvalue weighted by molar-refractivity contribution is 5.90.